The largest absolute Gasteiger partial charge is 0.390 e. The molecule has 128 valence electrons. The second kappa shape index (κ2) is 6.35. The zero-order valence-corrected chi connectivity index (χ0v) is 14.2. The summed E-state index contributed by atoms with van der Waals surface area (Å²) in [5, 5.41) is 9.93. The molecule has 0 amide bonds. The third-order valence-electron chi connectivity index (χ3n) is 4.34. The molecule has 0 unspecified atom stereocenters. The number of rotatable bonds is 4. The summed E-state index contributed by atoms with van der Waals surface area (Å²) in [5.74, 6) is -1.05. The van der Waals surface area contributed by atoms with Gasteiger partial charge in [-0.15, -0.1) is 0 Å². The molecule has 4 nitrogen and oxygen atoms in total. The minimum Gasteiger partial charge on any atom is -0.390 e. The zero-order valence-electron chi connectivity index (χ0n) is 13.4. The molecule has 0 spiro atoms. The molecule has 3 heterocycles. The van der Waals surface area contributed by atoms with Crippen LogP contribution in [0.5, 0.6) is 0 Å². The van der Waals surface area contributed by atoms with Crippen LogP contribution in [0.3, 0.4) is 0 Å². The smallest absolute Gasteiger partial charge is 0.149 e. The molecule has 1 fully saturated rings. The van der Waals surface area contributed by atoms with Crippen molar-refractivity contribution in [1.29, 1.82) is 0 Å². The molecule has 2 aromatic heterocycles. The first-order valence-corrected chi connectivity index (χ1v) is 8.02. The molecule has 1 aliphatic rings. The molecule has 7 heteroatoms. The highest BCUT2D eigenvalue weighted by Gasteiger charge is 2.37. The van der Waals surface area contributed by atoms with E-state index in [0.717, 1.165) is 19.2 Å². The van der Waals surface area contributed by atoms with Crippen LogP contribution in [-0.4, -0.2) is 38.7 Å². The molecule has 0 bridgehead atoms. The summed E-state index contributed by atoms with van der Waals surface area (Å²) in [5.41, 5.74) is -0.108. The maximum atomic E-state index is 14.3. The van der Waals surface area contributed by atoms with E-state index in [1.807, 2.05) is 0 Å². The van der Waals surface area contributed by atoms with Gasteiger partial charge in [-0.3, -0.25) is 9.88 Å². The van der Waals surface area contributed by atoms with E-state index in [9.17, 15) is 13.9 Å². The van der Waals surface area contributed by atoms with Crippen LogP contribution in [0.4, 0.5) is 8.78 Å². The number of halogens is 3. The highest BCUT2D eigenvalue weighted by Crippen LogP contribution is 2.29. The second-order valence-electron chi connectivity index (χ2n) is 6.71. The van der Waals surface area contributed by atoms with E-state index < -0.39 is 17.2 Å². The monoisotopic (exact) mass is 353 g/mol. The molecule has 3 rings (SSSR count). The van der Waals surface area contributed by atoms with E-state index >= 15 is 0 Å². The van der Waals surface area contributed by atoms with Gasteiger partial charge in [-0.1, -0.05) is 11.6 Å². The maximum absolute atomic E-state index is 14.3. The number of aromatic nitrogens is 2. The summed E-state index contributed by atoms with van der Waals surface area (Å²) < 4.78 is 28.2. The third kappa shape index (κ3) is 3.55. The summed E-state index contributed by atoms with van der Waals surface area (Å²) in [4.78, 5) is 9.91. The summed E-state index contributed by atoms with van der Waals surface area (Å²) in [6.07, 6.45) is 2.70. The standard InChI is InChI=1S/C17H18ClF2N3O/c1-17(2,24)11-8-23(9-11)7-10-3-14(20)16(22-5-10)12-6-21-15(18)4-13(12)19/h3-6,11,24H,7-9H2,1-2H3. The molecule has 0 saturated carbocycles. The van der Waals surface area contributed by atoms with Crippen molar-refractivity contribution >= 4 is 11.6 Å². The van der Waals surface area contributed by atoms with E-state index in [0.29, 0.717) is 12.1 Å². The van der Waals surface area contributed by atoms with Crippen LogP contribution < -0.4 is 0 Å². The second-order valence-corrected chi connectivity index (χ2v) is 7.09. The van der Waals surface area contributed by atoms with E-state index in [-0.39, 0.29) is 22.3 Å². The van der Waals surface area contributed by atoms with Gasteiger partial charge < -0.3 is 5.11 Å². The molecule has 2 aromatic rings. The van der Waals surface area contributed by atoms with Crippen LogP contribution in [0.2, 0.25) is 5.15 Å². The van der Waals surface area contributed by atoms with Gasteiger partial charge in [0.15, 0.2) is 0 Å². The quantitative estimate of drug-likeness (QED) is 0.857. The predicted molar refractivity (Wildman–Crippen MR) is 87.5 cm³/mol. The summed E-state index contributed by atoms with van der Waals surface area (Å²) >= 11 is 5.60. The Morgan fingerprint density at radius 2 is 1.92 bits per heavy atom. The minimum atomic E-state index is -0.705. The van der Waals surface area contributed by atoms with Gasteiger partial charge in [-0.2, -0.15) is 0 Å². The lowest BCUT2D eigenvalue weighted by Gasteiger charge is -2.45. The molecule has 1 saturated heterocycles. The molecule has 0 aliphatic carbocycles. The molecule has 24 heavy (non-hydrogen) atoms. The van der Waals surface area contributed by atoms with Gasteiger partial charge in [-0.25, -0.2) is 13.8 Å². The Morgan fingerprint density at radius 1 is 1.21 bits per heavy atom. The van der Waals surface area contributed by atoms with Crippen LogP contribution >= 0.6 is 11.6 Å². The average Bonchev–Trinajstić information content (AvgIpc) is 2.42. The Bertz CT molecular complexity index is 758. The van der Waals surface area contributed by atoms with Crippen molar-refractivity contribution in [3.8, 4) is 11.3 Å². The van der Waals surface area contributed by atoms with Crippen molar-refractivity contribution in [2.45, 2.75) is 26.0 Å². The molecule has 0 atom stereocenters. The van der Waals surface area contributed by atoms with Gasteiger partial charge in [0.2, 0.25) is 0 Å². The number of nitrogens with zero attached hydrogens (tertiary/aromatic N) is 3. The van der Waals surface area contributed by atoms with Crippen molar-refractivity contribution in [3.05, 3.63) is 46.9 Å². The SMILES string of the molecule is CC(C)(O)C1CN(Cc2cnc(-c3cnc(Cl)cc3F)c(F)c2)C1. The van der Waals surface area contributed by atoms with Gasteiger partial charge in [-0.05, 0) is 25.5 Å². The van der Waals surface area contributed by atoms with E-state index in [4.69, 9.17) is 11.6 Å². The number of likely N-dealkylation sites (tertiary alicyclic amines) is 1. The fraction of sp³-hybridized carbons (Fsp3) is 0.412. The van der Waals surface area contributed by atoms with Gasteiger partial charge >= 0.3 is 0 Å². The Hall–Kier alpha value is -1.63. The summed E-state index contributed by atoms with van der Waals surface area (Å²) in [6, 6.07) is 2.39. The van der Waals surface area contributed by atoms with E-state index in [1.54, 1.807) is 13.8 Å². The molecule has 1 aliphatic heterocycles. The van der Waals surface area contributed by atoms with Crippen LogP contribution in [-0.2, 0) is 6.54 Å². The Labute approximate surface area is 144 Å². The number of hydrogen-bond donors (Lipinski definition) is 1. The fourth-order valence-electron chi connectivity index (χ4n) is 2.75. The first kappa shape index (κ1) is 17.2. The highest BCUT2D eigenvalue weighted by atomic mass is 35.5. The summed E-state index contributed by atoms with van der Waals surface area (Å²) in [6.45, 7) is 5.63. The van der Waals surface area contributed by atoms with E-state index in [2.05, 4.69) is 14.9 Å². The lowest BCUT2D eigenvalue weighted by molar-refractivity contribution is -0.0648. The topological polar surface area (TPSA) is 49.2 Å². The Balaban J connectivity index is 1.72. The van der Waals surface area contributed by atoms with Crippen molar-refractivity contribution in [1.82, 2.24) is 14.9 Å². The van der Waals surface area contributed by atoms with Crippen molar-refractivity contribution < 1.29 is 13.9 Å². The van der Waals surface area contributed by atoms with Gasteiger partial charge in [0, 0.05) is 44.0 Å². The van der Waals surface area contributed by atoms with Crippen molar-refractivity contribution in [3.63, 3.8) is 0 Å². The van der Waals surface area contributed by atoms with Gasteiger partial charge in [0.05, 0.1) is 11.2 Å². The first-order valence-electron chi connectivity index (χ1n) is 7.64. The minimum absolute atomic E-state index is 0.00687. The normalized spacial score (nSPS) is 16.2. The molecule has 0 radical (unpaired) electrons. The molecule has 0 aromatic carbocycles. The Morgan fingerprint density at radius 3 is 2.50 bits per heavy atom. The molecular weight excluding hydrogens is 336 g/mol. The number of pyridine rings is 2. The van der Waals surface area contributed by atoms with Crippen LogP contribution in [0.25, 0.3) is 11.3 Å². The average molecular weight is 354 g/mol. The van der Waals surface area contributed by atoms with E-state index in [1.165, 1.54) is 18.5 Å². The highest BCUT2D eigenvalue weighted by molar-refractivity contribution is 6.29. The third-order valence-corrected chi connectivity index (χ3v) is 4.54. The van der Waals surface area contributed by atoms with Crippen molar-refractivity contribution in [2.75, 3.05) is 13.1 Å². The fourth-order valence-corrected chi connectivity index (χ4v) is 2.89. The van der Waals surface area contributed by atoms with Crippen LogP contribution in [0, 0.1) is 17.6 Å². The predicted octanol–water partition coefficient (Wildman–Crippen LogP) is 3.28. The van der Waals surface area contributed by atoms with Gasteiger partial charge in [0.25, 0.3) is 0 Å². The molecule has 1 N–H and O–H groups in total. The van der Waals surface area contributed by atoms with Crippen molar-refractivity contribution in [2.24, 2.45) is 5.92 Å². The number of aliphatic hydroxyl groups is 1. The maximum Gasteiger partial charge on any atom is 0.149 e. The van der Waals surface area contributed by atoms with Gasteiger partial charge in [0.1, 0.15) is 22.5 Å². The van der Waals surface area contributed by atoms with Crippen LogP contribution in [0.15, 0.2) is 24.5 Å². The number of hydrogen-bond acceptors (Lipinski definition) is 4. The molecular formula is C17H18ClF2N3O. The first-order chi connectivity index (χ1) is 11.2. The Kier molecular flexibility index (Phi) is 4.55. The summed E-state index contributed by atoms with van der Waals surface area (Å²) in [7, 11) is 0. The lowest BCUT2D eigenvalue weighted by Crippen LogP contribution is -2.55. The zero-order chi connectivity index (χ0) is 17.5. The lowest BCUT2D eigenvalue weighted by atomic mass is 9.84. The van der Waals surface area contributed by atoms with Crippen LogP contribution in [0.1, 0.15) is 19.4 Å².